The molecule has 0 heterocycles. The van der Waals surface area contributed by atoms with E-state index < -0.39 is 28.5 Å². The highest BCUT2D eigenvalue weighted by molar-refractivity contribution is 7.92. The van der Waals surface area contributed by atoms with E-state index in [1.807, 2.05) is 44.2 Å². The van der Waals surface area contributed by atoms with Crippen molar-refractivity contribution in [3.05, 3.63) is 129 Å². The molecule has 0 radical (unpaired) electrons. The molecule has 1 atom stereocenters. The van der Waals surface area contributed by atoms with Gasteiger partial charge in [0.15, 0.2) is 0 Å². The fourth-order valence-corrected chi connectivity index (χ4v) is 6.44. The van der Waals surface area contributed by atoms with Gasteiger partial charge >= 0.3 is 0 Å². The van der Waals surface area contributed by atoms with Crippen molar-refractivity contribution in [2.75, 3.05) is 17.4 Å². The molecule has 44 heavy (non-hydrogen) atoms. The summed E-state index contributed by atoms with van der Waals surface area (Å²) in [7, 11) is -4.21. The number of hydrogen-bond acceptors (Lipinski definition) is 4. The molecule has 0 aliphatic carbocycles. The second kappa shape index (κ2) is 14.8. The van der Waals surface area contributed by atoms with Crippen LogP contribution in [0, 0.1) is 13.8 Å². The minimum Gasteiger partial charge on any atom is -0.355 e. The van der Waals surface area contributed by atoms with E-state index in [4.69, 9.17) is 23.2 Å². The summed E-state index contributed by atoms with van der Waals surface area (Å²) in [5, 5.41) is 3.75. The summed E-state index contributed by atoms with van der Waals surface area (Å²) in [5.41, 5.74) is 3.48. The summed E-state index contributed by atoms with van der Waals surface area (Å²) in [6.07, 6.45) is 0.229. The van der Waals surface area contributed by atoms with Crippen molar-refractivity contribution in [1.82, 2.24) is 10.2 Å². The predicted octanol–water partition coefficient (Wildman–Crippen LogP) is 6.58. The zero-order valence-electron chi connectivity index (χ0n) is 24.8. The molecular formula is C34H35Cl2N3O4S. The summed E-state index contributed by atoms with van der Waals surface area (Å²) < 4.78 is 29.3. The number of halogens is 2. The quantitative estimate of drug-likeness (QED) is 0.187. The minimum absolute atomic E-state index is 0.0291. The smallest absolute Gasteiger partial charge is 0.264 e. The van der Waals surface area contributed by atoms with Crippen LogP contribution in [-0.4, -0.2) is 44.3 Å². The molecule has 0 unspecified atom stereocenters. The van der Waals surface area contributed by atoms with Crippen molar-refractivity contribution in [1.29, 1.82) is 0 Å². The molecule has 4 rings (SSSR count). The van der Waals surface area contributed by atoms with Crippen molar-refractivity contribution in [3.8, 4) is 0 Å². The zero-order valence-corrected chi connectivity index (χ0v) is 27.2. The number of amides is 2. The monoisotopic (exact) mass is 651 g/mol. The normalized spacial score (nSPS) is 11.9. The van der Waals surface area contributed by atoms with E-state index in [9.17, 15) is 18.0 Å². The van der Waals surface area contributed by atoms with Crippen LogP contribution in [0.3, 0.4) is 0 Å². The number of likely N-dealkylation sites (N-methyl/N-ethyl adjacent to an activating group) is 1. The maximum Gasteiger partial charge on any atom is 0.264 e. The number of hydrogen-bond donors (Lipinski definition) is 1. The van der Waals surface area contributed by atoms with Gasteiger partial charge in [-0.3, -0.25) is 13.9 Å². The molecule has 0 spiro atoms. The number of carbonyl (C=O) groups is 2. The highest BCUT2D eigenvalue weighted by Gasteiger charge is 2.34. The third-order valence-electron chi connectivity index (χ3n) is 7.22. The third-order valence-corrected chi connectivity index (χ3v) is 9.67. The number of sulfonamides is 1. The van der Waals surface area contributed by atoms with E-state index >= 15 is 0 Å². The Morgan fingerprint density at radius 3 is 2.11 bits per heavy atom. The van der Waals surface area contributed by atoms with Crippen LogP contribution in [-0.2, 0) is 32.6 Å². The molecule has 0 bridgehead atoms. The fourth-order valence-electron chi connectivity index (χ4n) is 4.74. The summed E-state index contributed by atoms with van der Waals surface area (Å²) in [4.78, 5) is 29.4. The zero-order chi connectivity index (χ0) is 31.9. The van der Waals surface area contributed by atoms with Gasteiger partial charge in [-0.15, -0.1) is 0 Å². The van der Waals surface area contributed by atoms with Crippen molar-refractivity contribution in [3.63, 3.8) is 0 Å². The molecule has 1 N–H and O–H groups in total. The Balaban J connectivity index is 1.81. The van der Waals surface area contributed by atoms with E-state index in [1.165, 1.54) is 23.1 Å². The summed E-state index contributed by atoms with van der Waals surface area (Å²) in [6, 6.07) is 26.7. The number of nitrogens with zero attached hydrogens (tertiary/aromatic N) is 2. The first kappa shape index (κ1) is 33.1. The van der Waals surface area contributed by atoms with Crippen LogP contribution in [0.5, 0.6) is 0 Å². The van der Waals surface area contributed by atoms with Crippen LogP contribution in [0.2, 0.25) is 10.0 Å². The topological polar surface area (TPSA) is 86.8 Å². The lowest BCUT2D eigenvalue weighted by Crippen LogP contribution is -2.53. The Bertz CT molecular complexity index is 1700. The maximum absolute atomic E-state index is 14.4. The van der Waals surface area contributed by atoms with Gasteiger partial charge in [-0.1, -0.05) is 89.4 Å². The number of rotatable bonds is 12. The standard InChI is InChI=1S/C34H35Cl2N3O4S/c1-4-37-34(41)32(20-26-8-6-5-7-9-26)38(22-27-13-15-28(35)16-14-27)33(40)23-39(29-17-12-25(3)31(36)21-29)44(42,43)30-18-10-24(2)11-19-30/h5-19,21,32H,4,20,22-23H2,1-3H3,(H,37,41)/t32-/m1/s1. The van der Waals surface area contributed by atoms with Crippen molar-refractivity contribution >= 4 is 50.7 Å². The molecule has 230 valence electrons. The lowest BCUT2D eigenvalue weighted by atomic mass is 10.0. The fraction of sp³-hybridized carbons (Fsp3) is 0.235. The van der Waals surface area contributed by atoms with Crippen LogP contribution in [0.15, 0.2) is 102 Å². The lowest BCUT2D eigenvalue weighted by molar-refractivity contribution is -0.140. The van der Waals surface area contributed by atoms with E-state index in [2.05, 4.69) is 5.32 Å². The Hall–Kier alpha value is -3.85. The van der Waals surface area contributed by atoms with Crippen LogP contribution >= 0.6 is 23.2 Å². The number of carbonyl (C=O) groups excluding carboxylic acids is 2. The second-order valence-electron chi connectivity index (χ2n) is 10.5. The molecule has 7 nitrogen and oxygen atoms in total. The number of anilines is 1. The van der Waals surface area contributed by atoms with Crippen LogP contribution in [0.1, 0.15) is 29.2 Å². The molecule has 0 aromatic heterocycles. The van der Waals surface area contributed by atoms with Crippen molar-refractivity contribution in [2.45, 2.75) is 44.7 Å². The molecule has 4 aromatic rings. The van der Waals surface area contributed by atoms with Crippen LogP contribution in [0.4, 0.5) is 5.69 Å². The van der Waals surface area contributed by atoms with Crippen LogP contribution < -0.4 is 9.62 Å². The molecule has 0 aliphatic rings. The van der Waals surface area contributed by atoms with E-state index in [-0.39, 0.29) is 29.5 Å². The van der Waals surface area contributed by atoms with E-state index in [0.717, 1.165) is 26.6 Å². The van der Waals surface area contributed by atoms with Gasteiger partial charge in [0, 0.05) is 29.6 Å². The molecular weight excluding hydrogens is 617 g/mol. The highest BCUT2D eigenvalue weighted by atomic mass is 35.5. The van der Waals surface area contributed by atoms with E-state index in [1.54, 1.807) is 55.5 Å². The first-order valence-corrected chi connectivity index (χ1v) is 16.4. The summed E-state index contributed by atoms with van der Waals surface area (Å²) in [6.45, 7) is 5.33. The second-order valence-corrected chi connectivity index (χ2v) is 13.2. The molecule has 0 aliphatic heterocycles. The molecule has 0 fully saturated rings. The number of benzene rings is 4. The van der Waals surface area contributed by atoms with E-state index in [0.29, 0.717) is 16.6 Å². The van der Waals surface area contributed by atoms with Gasteiger partial charge in [0.25, 0.3) is 10.0 Å². The molecule has 2 amide bonds. The first-order valence-electron chi connectivity index (χ1n) is 14.2. The van der Waals surface area contributed by atoms with Gasteiger partial charge in [0.05, 0.1) is 10.6 Å². The van der Waals surface area contributed by atoms with Crippen LogP contribution in [0.25, 0.3) is 0 Å². The first-order chi connectivity index (χ1) is 21.0. The van der Waals surface area contributed by atoms with Gasteiger partial charge in [-0.2, -0.15) is 0 Å². The Labute approximate surface area is 269 Å². The largest absolute Gasteiger partial charge is 0.355 e. The highest BCUT2D eigenvalue weighted by Crippen LogP contribution is 2.29. The molecule has 0 saturated carbocycles. The minimum atomic E-state index is -4.21. The Morgan fingerprint density at radius 1 is 0.841 bits per heavy atom. The summed E-state index contributed by atoms with van der Waals surface area (Å²) in [5.74, 6) is -0.899. The Kier molecular flexibility index (Phi) is 11.1. The van der Waals surface area contributed by atoms with Gasteiger partial charge in [-0.05, 0) is 73.9 Å². The molecule has 4 aromatic carbocycles. The van der Waals surface area contributed by atoms with Crippen molar-refractivity contribution in [2.24, 2.45) is 0 Å². The maximum atomic E-state index is 14.4. The average Bonchev–Trinajstić information content (AvgIpc) is 3.00. The predicted molar refractivity (Wildman–Crippen MR) is 177 cm³/mol. The average molecular weight is 653 g/mol. The number of aryl methyl sites for hydroxylation is 2. The summed E-state index contributed by atoms with van der Waals surface area (Å²) >= 11 is 12.6. The SMILES string of the molecule is CCNC(=O)[C@@H](Cc1ccccc1)N(Cc1ccc(Cl)cc1)C(=O)CN(c1ccc(C)c(Cl)c1)S(=O)(=O)c1ccc(C)cc1. The number of nitrogens with one attached hydrogen (secondary N) is 1. The molecule has 10 heteroatoms. The third kappa shape index (κ3) is 8.20. The Morgan fingerprint density at radius 2 is 1.50 bits per heavy atom. The van der Waals surface area contributed by atoms with Gasteiger partial charge < -0.3 is 10.2 Å². The van der Waals surface area contributed by atoms with Gasteiger partial charge in [0.1, 0.15) is 12.6 Å². The van der Waals surface area contributed by atoms with Gasteiger partial charge in [0.2, 0.25) is 11.8 Å². The van der Waals surface area contributed by atoms with Gasteiger partial charge in [-0.25, -0.2) is 8.42 Å². The molecule has 0 saturated heterocycles. The lowest BCUT2D eigenvalue weighted by Gasteiger charge is -2.34. The van der Waals surface area contributed by atoms with Crippen molar-refractivity contribution < 1.29 is 18.0 Å².